The van der Waals surface area contributed by atoms with Gasteiger partial charge in [0.15, 0.2) is 0 Å². The van der Waals surface area contributed by atoms with Crippen molar-refractivity contribution in [2.45, 2.75) is 17.1 Å². The van der Waals surface area contributed by atoms with Gasteiger partial charge < -0.3 is 13.9 Å². The van der Waals surface area contributed by atoms with E-state index in [9.17, 15) is 4.79 Å². The van der Waals surface area contributed by atoms with Gasteiger partial charge in [0.05, 0.1) is 19.5 Å². The summed E-state index contributed by atoms with van der Waals surface area (Å²) in [5, 5.41) is 0.0989. The molecule has 0 saturated carbocycles. The second-order valence-corrected chi connectivity index (χ2v) is 5.54. The quantitative estimate of drug-likeness (QED) is 0.617. The minimum Gasteiger partial charge on any atom is -0.497 e. The van der Waals surface area contributed by atoms with Crippen molar-refractivity contribution in [2.75, 3.05) is 14.2 Å². The molecule has 0 fully saturated rings. The molecule has 2 rings (SSSR count). The summed E-state index contributed by atoms with van der Waals surface area (Å²) >= 11 is 1.65. The third-order valence-electron chi connectivity index (χ3n) is 2.79. The monoisotopic (exact) mass is 292 g/mol. The number of methoxy groups -OCH3 is 2. The molecule has 1 aromatic carbocycles. The van der Waals surface area contributed by atoms with Crippen LogP contribution in [-0.4, -0.2) is 20.2 Å². The Kier molecular flexibility index (Phi) is 4.74. The molecule has 106 valence electrons. The van der Waals surface area contributed by atoms with Crippen LogP contribution < -0.4 is 4.74 Å². The molecular formula is C15H16O4S. The zero-order valence-corrected chi connectivity index (χ0v) is 12.4. The molecule has 0 spiro atoms. The molecule has 0 aliphatic heterocycles. The zero-order valence-electron chi connectivity index (χ0n) is 11.6. The molecule has 2 aromatic rings. The topological polar surface area (TPSA) is 48.7 Å². The van der Waals surface area contributed by atoms with Crippen molar-refractivity contribution >= 4 is 17.7 Å². The van der Waals surface area contributed by atoms with Crippen molar-refractivity contribution in [3.63, 3.8) is 0 Å². The Labute approximate surface area is 122 Å². The average molecular weight is 292 g/mol. The first-order valence-corrected chi connectivity index (χ1v) is 7.00. The maximum atomic E-state index is 11.3. The number of esters is 1. The summed E-state index contributed by atoms with van der Waals surface area (Å²) in [4.78, 5) is 12.4. The molecule has 20 heavy (non-hydrogen) atoms. The van der Waals surface area contributed by atoms with E-state index in [4.69, 9.17) is 9.15 Å². The predicted molar refractivity (Wildman–Crippen MR) is 77.3 cm³/mol. The summed E-state index contributed by atoms with van der Waals surface area (Å²) in [6.07, 6.45) is 0. The van der Waals surface area contributed by atoms with E-state index in [-0.39, 0.29) is 11.0 Å². The lowest BCUT2D eigenvalue weighted by Gasteiger charge is -2.09. The van der Waals surface area contributed by atoms with Gasteiger partial charge in [0.1, 0.15) is 11.5 Å². The van der Waals surface area contributed by atoms with Crippen LogP contribution in [0.2, 0.25) is 0 Å². The van der Waals surface area contributed by atoms with Gasteiger partial charge in [-0.25, -0.2) is 4.79 Å². The first-order chi connectivity index (χ1) is 9.63. The zero-order chi connectivity index (χ0) is 14.5. The third-order valence-corrected chi connectivity index (χ3v) is 3.92. The van der Waals surface area contributed by atoms with Crippen molar-refractivity contribution in [1.82, 2.24) is 0 Å². The molecule has 1 unspecified atom stereocenters. The minimum absolute atomic E-state index is 0.0989. The van der Waals surface area contributed by atoms with E-state index < -0.39 is 5.97 Å². The molecule has 1 heterocycles. The summed E-state index contributed by atoms with van der Waals surface area (Å²) < 4.78 is 15.2. The lowest BCUT2D eigenvalue weighted by atomic mass is 10.3. The summed E-state index contributed by atoms with van der Waals surface area (Å²) in [7, 11) is 2.97. The van der Waals surface area contributed by atoms with Crippen molar-refractivity contribution in [3.8, 4) is 5.75 Å². The molecule has 4 nitrogen and oxygen atoms in total. The molecule has 1 aromatic heterocycles. The molecular weight excluding hydrogens is 276 g/mol. The normalized spacial score (nSPS) is 11.9. The molecule has 5 heteroatoms. The lowest BCUT2D eigenvalue weighted by Crippen LogP contribution is -1.98. The molecule has 0 N–H and O–H groups in total. The van der Waals surface area contributed by atoms with Gasteiger partial charge in [-0.15, -0.1) is 11.8 Å². The fourth-order valence-electron chi connectivity index (χ4n) is 1.70. The van der Waals surface area contributed by atoms with Gasteiger partial charge in [-0.05, 0) is 43.3 Å². The van der Waals surface area contributed by atoms with Gasteiger partial charge in [-0.1, -0.05) is 0 Å². The van der Waals surface area contributed by atoms with E-state index in [0.29, 0.717) is 0 Å². The van der Waals surface area contributed by atoms with E-state index >= 15 is 0 Å². The van der Waals surface area contributed by atoms with Crippen LogP contribution in [0.25, 0.3) is 0 Å². The first kappa shape index (κ1) is 14.5. The number of carbonyl (C=O) groups is 1. The summed E-state index contributed by atoms with van der Waals surface area (Å²) in [5.74, 6) is 1.33. The van der Waals surface area contributed by atoms with Crippen molar-refractivity contribution in [1.29, 1.82) is 0 Å². The third kappa shape index (κ3) is 3.36. The van der Waals surface area contributed by atoms with E-state index in [0.717, 1.165) is 16.4 Å². The Morgan fingerprint density at radius 1 is 1.15 bits per heavy atom. The number of hydrogen-bond acceptors (Lipinski definition) is 5. The summed E-state index contributed by atoms with van der Waals surface area (Å²) in [5.41, 5.74) is 0. The highest BCUT2D eigenvalue weighted by molar-refractivity contribution is 7.99. The smallest absolute Gasteiger partial charge is 0.373 e. The Hall–Kier alpha value is -1.88. The van der Waals surface area contributed by atoms with Crippen molar-refractivity contribution < 1.29 is 18.7 Å². The van der Waals surface area contributed by atoms with Gasteiger partial charge in [-0.2, -0.15) is 0 Å². The first-order valence-electron chi connectivity index (χ1n) is 6.13. The van der Waals surface area contributed by atoms with Crippen molar-refractivity contribution in [2.24, 2.45) is 0 Å². The van der Waals surface area contributed by atoms with Crippen LogP contribution in [0, 0.1) is 0 Å². The van der Waals surface area contributed by atoms with Crippen LogP contribution in [-0.2, 0) is 4.74 Å². The Balaban J connectivity index is 2.05. The van der Waals surface area contributed by atoms with Crippen molar-refractivity contribution in [3.05, 3.63) is 47.9 Å². The molecule has 0 aliphatic carbocycles. The highest BCUT2D eigenvalue weighted by atomic mass is 32.2. The maximum Gasteiger partial charge on any atom is 0.373 e. The highest BCUT2D eigenvalue weighted by Gasteiger charge is 2.16. The number of carbonyl (C=O) groups excluding carboxylic acids is 1. The standard InChI is InChI=1S/C15H16O4S/c1-10(13-8-9-14(19-13)15(16)18-3)20-12-6-4-11(17-2)5-7-12/h4-10H,1-3H3. The van der Waals surface area contributed by atoms with E-state index in [1.165, 1.54) is 7.11 Å². The molecule has 0 radical (unpaired) electrons. The number of rotatable bonds is 5. The summed E-state index contributed by atoms with van der Waals surface area (Å²) in [6, 6.07) is 11.2. The predicted octanol–water partition coefficient (Wildman–Crippen LogP) is 3.93. The molecule has 0 amide bonds. The molecule has 1 atom stereocenters. The van der Waals surface area contributed by atoms with E-state index in [2.05, 4.69) is 4.74 Å². The molecule has 0 bridgehead atoms. The second kappa shape index (κ2) is 6.52. The Morgan fingerprint density at radius 2 is 1.85 bits per heavy atom. The lowest BCUT2D eigenvalue weighted by molar-refractivity contribution is 0.0563. The van der Waals surface area contributed by atoms with E-state index in [1.807, 2.05) is 31.2 Å². The van der Waals surface area contributed by atoms with Gasteiger partial charge in [-0.3, -0.25) is 0 Å². The number of benzene rings is 1. The number of ether oxygens (including phenoxy) is 2. The van der Waals surface area contributed by atoms with Crippen LogP contribution >= 0.6 is 11.8 Å². The van der Waals surface area contributed by atoms with Crippen LogP contribution in [0.4, 0.5) is 0 Å². The maximum absolute atomic E-state index is 11.3. The summed E-state index contributed by atoms with van der Waals surface area (Å²) in [6.45, 7) is 2.02. The SMILES string of the molecule is COC(=O)c1ccc(C(C)Sc2ccc(OC)cc2)o1. The van der Waals surface area contributed by atoms with Crippen LogP contribution in [0.5, 0.6) is 5.75 Å². The van der Waals surface area contributed by atoms with Gasteiger partial charge in [0.2, 0.25) is 5.76 Å². The van der Waals surface area contributed by atoms with Gasteiger partial charge in [0.25, 0.3) is 0 Å². The van der Waals surface area contributed by atoms with Crippen LogP contribution in [0.1, 0.15) is 28.5 Å². The largest absolute Gasteiger partial charge is 0.497 e. The van der Waals surface area contributed by atoms with Gasteiger partial charge >= 0.3 is 5.97 Å². The van der Waals surface area contributed by atoms with Crippen LogP contribution in [0.3, 0.4) is 0 Å². The van der Waals surface area contributed by atoms with Crippen LogP contribution in [0.15, 0.2) is 45.7 Å². The number of hydrogen-bond donors (Lipinski definition) is 0. The fourth-order valence-corrected chi connectivity index (χ4v) is 2.64. The van der Waals surface area contributed by atoms with E-state index in [1.54, 1.807) is 31.0 Å². The Morgan fingerprint density at radius 3 is 2.45 bits per heavy atom. The highest BCUT2D eigenvalue weighted by Crippen LogP contribution is 2.36. The molecule has 0 aliphatic rings. The minimum atomic E-state index is -0.460. The Bertz CT molecular complexity index is 574. The fraction of sp³-hybridized carbons (Fsp3) is 0.267. The average Bonchev–Trinajstić information content (AvgIpc) is 2.97. The number of furan rings is 1. The van der Waals surface area contributed by atoms with Gasteiger partial charge in [0, 0.05) is 4.90 Å². The second-order valence-electron chi connectivity index (χ2n) is 4.13. The molecule has 0 saturated heterocycles. The number of thioether (sulfide) groups is 1.